The van der Waals surface area contributed by atoms with Gasteiger partial charge in [-0.25, -0.2) is 0 Å². The minimum absolute atomic E-state index is 0.0458. The highest BCUT2D eigenvalue weighted by Gasteiger charge is 2.60. The number of hydrogen-bond donors (Lipinski definition) is 16. The average Bonchev–Trinajstić information content (AvgIpc) is 3.22. The van der Waals surface area contributed by atoms with Crippen LogP contribution in [0.25, 0.3) is 0 Å². The van der Waals surface area contributed by atoms with Crippen LogP contribution in [0.1, 0.15) is 0 Å². The molecule has 5 aliphatic heterocycles. The lowest BCUT2D eigenvalue weighted by Gasteiger charge is -2.54. The molecule has 5 saturated heterocycles. The molecule has 0 aromatic heterocycles. The van der Waals surface area contributed by atoms with Gasteiger partial charge in [0.1, 0.15) is 85.5 Å². The normalized spacial score (nSPS) is 51.8. The van der Waals surface area contributed by atoms with Crippen LogP contribution in [-0.2, 0) is 42.6 Å². The van der Waals surface area contributed by atoms with E-state index in [4.69, 9.17) is 42.6 Å². The van der Waals surface area contributed by atoms with Crippen LogP contribution in [0.3, 0.4) is 0 Å². The molecule has 58 heavy (non-hydrogen) atoms. The van der Waals surface area contributed by atoms with Crippen molar-refractivity contribution in [1.29, 1.82) is 0 Å². The second kappa shape index (κ2) is 20.9. The van der Waals surface area contributed by atoms with Gasteiger partial charge in [0.15, 0.2) is 18.9 Å². The Labute approximate surface area is 330 Å². The van der Waals surface area contributed by atoms with E-state index in [1.54, 1.807) is 0 Å². The molecule has 0 spiro atoms. The quantitative estimate of drug-likeness (QED) is 0.0680. The van der Waals surface area contributed by atoms with Gasteiger partial charge in [0, 0.05) is 18.9 Å². The van der Waals surface area contributed by atoms with Crippen molar-refractivity contribution < 1.29 is 124 Å². The summed E-state index contributed by atoms with van der Waals surface area (Å²) in [7, 11) is 1.40. The van der Waals surface area contributed by atoms with Crippen molar-refractivity contribution in [2.45, 2.75) is 141 Å². The van der Waals surface area contributed by atoms with E-state index in [2.05, 4.69) is 0 Å². The number of ether oxygens (including phenoxy) is 9. The Morgan fingerprint density at radius 3 is 1.26 bits per heavy atom. The zero-order valence-corrected chi connectivity index (χ0v) is 31.2. The van der Waals surface area contributed by atoms with Crippen molar-refractivity contribution in [3.63, 3.8) is 0 Å². The predicted molar refractivity (Wildman–Crippen MR) is 179 cm³/mol. The molecule has 5 aliphatic rings. The minimum Gasteiger partial charge on any atom is -0.394 e. The first-order valence-electron chi connectivity index (χ1n) is 18.8. The predicted octanol–water partition coefficient (Wildman–Crippen LogP) is -10.7. The van der Waals surface area contributed by atoms with Gasteiger partial charge in [0.2, 0.25) is 0 Å². The van der Waals surface area contributed by atoms with Crippen LogP contribution in [-0.4, -0.2) is 276 Å². The van der Waals surface area contributed by atoms with Crippen molar-refractivity contribution in [3.05, 3.63) is 0 Å². The third kappa shape index (κ3) is 9.49. The summed E-state index contributed by atoms with van der Waals surface area (Å²) in [5.74, 6) is -3.19. The number of aliphatic hydroxyl groups excluding tert-OH is 16. The molecule has 5 rings (SSSR count). The highest BCUT2D eigenvalue weighted by Crippen LogP contribution is 2.42. The maximum Gasteiger partial charge on any atom is 0.187 e. The molecular weight excluding hydrogens is 796 g/mol. The molecule has 340 valence electrons. The molecule has 0 radical (unpaired) electrons. The van der Waals surface area contributed by atoms with E-state index in [1.807, 2.05) is 0 Å². The topological polar surface area (TPSA) is 407 Å². The fourth-order valence-corrected chi connectivity index (χ4v) is 8.24. The van der Waals surface area contributed by atoms with E-state index in [0.29, 0.717) is 0 Å². The third-order valence-electron chi connectivity index (χ3n) is 11.4. The summed E-state index contributed by atoms with van der Waals surface area (Å²) >= 11 is 0. The van der Waals surface area contributed by atoms with Gasteiger partial charge in [-0.2, -0.15) is 0 Å². The van der Waals surface area contributed by atoms with Gasteiger partial charge in [0.05, 0.1) is 82.9 Å². The van der Waals surface area contributed by atoms with Crippen LogP contribution in [0.5, 0.6) is 0 Å². The maximum absolute atomic E-state index is 11.5. The van der Waals surface area contributed by atoms with Gasteiger partial charge in [-0.15, -0.1) is 0 Å². The van der Waals surface area contributed by atoms with Gasteiger partial charge >= 0.3 is 0 Å². The summed E-state index contributed by atoms with van der Waals surface area (Å²) in [6.07, 6.45) is -40.7. The number of methoxy groups -OCH3 is 1. The fourth-order valence-electron chi connectivity index (χ4n) is 8.24. The molecule has 16 N–H and O–H groups in total. The lowest BCUT2D eigenvalue weighted by molar-refractivity contribution is -0.368. The molecule has 0 aromatic carbocycles. The van der Waals surface area contributed by atoms with E-state index in [9.17, 15) is 81.7 Å². The van der Waals surface area contributed by atoms with Crippen LogP contribution < -0.4 is 0 Å². The Kier molecular flexibility index (Phi) is 17.3. The summed E-state index contributed by atoms with van der Waals surface area (Å²) in [5.41, 5.74) is 0. The first-order chi connectivity index (χ1) is 27.6. The Balaban J connectivity index is 1.28. The highest BCUT2D eigenvalue weighted by molar-refractivity contribution is 5.07. The van der Waals surface area contributed by atoms with E-state index in [-0.39, 0.29) is 13.2 Å². The van der Waals surface area contributed by atoms with Gasteiger partial charge in [-0.1, -0.05) is 0 Å². The minimum atomic E-state index is -2.06. The lowest BCUT2D eigenvalue weighted by atomic mass is 9.73. The molecule has 0 amide bonds. The van der Waals surface area contributed by atoms with E-state index < -0.39 is 186 Å². The molecule has 0 aliphatic carbocycles. The summed E-state index contributed by atoms with van der Waals surface area (Å²) in [6.45, 7) is -4.34. The number of aliphatic hydroxyl groups is 16. The van der Waals surface area contributed by atoms with Crippen molar-refractivity contribution in [2.24, 2.45) is 11.8 Å². The molecule has 0 bridgehead atoms. The molecule has 0 aromatic rings. The second-order valence-electron chi connectivity index (χ2n) is 14.9. The smallest absolute Gasteiger partial charge is 0.187 e. The molecule has 11 unspecified atom stereocenters. The largest absolute Gasteiger partial charge is 0.394 e. The molecule has 5 heterocycles. The van der Waals surface area contributed by atoms with E-state index in [1.165, 1.54) is 7.11 Å². The summed E-state index contributed by atoms with van der Waals surface area (Å²) in [5, 5.41) is 170. The van der Waals surface area contributed by atoms with Gasteiger partial charge in [0.25, 0.3) is 0 Å². The number of rotatable bonds is 15. The molecular formula is C33H58O25. The molecule has 25 nitrogen and oxygen atoms in total. The van der Waals surface area contributed by atoms with Crippen LogP contribution in [0.4, 0.5) is 0 Å². The summed E-state index contributed by atoms with van der Waals surface area (Å²) in [6, 6.07) is 0. The average molecular weight is 855 g/mol. The zero-order valence-electron chi connectivity index (χ0n) is 31.2. The van der Waals surface area contributed by atoms with Crippen molar-refractivity contribution in [2.75, 3.05) is 53.4 Å². The molecule has 25 atom stereocenters. The van der Waals surface area contributed by atoms with Crippen molar-refractivity contribution >= 4 is 0 Å². The van der Waals surface area contributed by atoms with E-state index in [0.717, 1.165) is 0 Å². The molecule has 25 heteroatoms. The summed E-state index contributed by atoms with van der Waals surface area (Å²) < 4.78 is 49.8. The zero-order chi connectivity index (χ0) is 42.7. The van der Waals surface area contributed by atoms with Crippen molar-refractivity contribution in [1.82, 2.24) is 0 Å². The second-order valence-corrected chi connectivity index (χ2v) is 14.9. The first kappa shape index (κ1) is 48.0. The van der Waals surface area contributed by atoms with E-state index >= 15 is 0 Å². The van der Waals surface area contributed by atoms with Crippen LogP contribution in [0.2, 0.25) is 0 Å². The van der Waals surface area contributed by atoms with Crippen LogP contribution >= 0.6 is 0 Å². The summed E-state index contributed by atoms with van der Waals surface area (Å²) in [4.78, 5) is 0. The molecule has 5 fully saturated rings. The van der Waals surface area contributed by atoms with Crippen molar-refractivity contribution in [3.8, 4) is 0 Å². The van der Waals surface area contributed by atoms with Gasteiger partial charge < -0.3 is 124 Å². The first-order valence-corrected chi connectivity index (χ1v) is 18.8. The fraction of sp³-hybridized carbons (Fsp3) is 1.00. The Hall–Kier alpha value is -1.00. The van der Waals surface area contributed by atoms with Gasteiger partial charge in [-0.05, 0) is 0 Å². The lowest BCUT2D eigenvalue weighted by Crippen LogP contribution is -2.71. The third-order valence-corrected chi connectivity index (χ3v) is 11.4. The Morgan fingerprint density at radius 1 is 0.362 bits per heavy atom. The van der Waals surface area contributed by atoms with Crippen LogP contribution in [0, 0.1) is 11.8 Å². The van der Waals surface area contributed by atoms with Gasteiger partial charge in [-0.3, -0.25) is 0 Å². The Bertz CT molecular complexity index is 1230. The highest BCUT2D eigenvalue weighted by atomic mass is 16.7. The Morgan fingerprint density at radius 2 is 0.741 bits per heavy atom. The maximum atomic E-state index is 11.5. The van der Waals surface area contributed by atoms with Crippen LogP contribution in [0.15, 0.2) is 0 Å². The molecule has 0 saturated carbocycles. The SMILES string of the molecule is COCCOC1OC(CO)[C@H](O[C@@H]2OC(CO)[C@@H]([C@H]3OC(CO)[C@@H]([C@H]4OC(CO)[C@H](O[C@@H]5OC(CO)[C@@H](O)[C@@H](O)C5O)[C@@H](O)C4O)[C@@H](O)C3O)[C@@H](O)C2O)[C@@H](O)C1O. The standard InChI is InChI=1S/C33H58O25/c1-50-2-3-51-31-26(49)23(46)28(13(8-38)56-31)58-32-24(47)18(41)15(10(5-35)54-32)29-20(43)17(40)14(9(4-34)52-29)30-22(45)21(44)27(12(7-37)53-30)57-33-25(48)19(42)16(39)11(6-36)55-33/h9-49H,2-8H2,1H3/t9?,10?,11?,12?,13?,14-,15-,16-,17-,18-,19-,20?,21+,22?,23+,24?,25?,26?,27+,28+,29-,30-,31?,32+,33+/m1/s1. The monoisotopic (exact) mass is 854 g/mol. The number of hydrogen-bond acceptors (Lipinski definition) is 25.